The number of esters is 1. The van der Waals surface area contributed by atoms with Gasteiger partial charge in [-0.25, -0.2) is 4.79 Å². The Morgan fingerprint density at radius 1 is 1.18 bits per heavy atom. The third kappa shape index (κ3) is 4.19. The molecule has 0 atom stereocenters. The average molecular weight is 385 g/mol. The summed E-state index contributed by atoms with van der Waals surface area (Å²) in [6, 6.07) is 8.84. The Bertz CT molecular complexity index is 875. The van der Waals surface area contributed by atoms with E-state index in [1.807, 2.05) is 32.0 Å². The highest BCUT2D eigenvalue weighted by Gasteiger charge is 2.22. The van der Waals surface area contributed by atoms with Gasteiger partial charge in [0.2, 0.25) is 5.75 Å². The molecule has 0 fully saturated rings. The van der Waals surface area contributed by atoms with Gasteiger partial charge in [-0.05, 0) is 36.6 Å². The lowest BCUT2D eigenvalue weighted by atomic mass is 10.1. The van der Waals surface area contributed by atoms with Gasteiger partial charge in [-0.15, -0.1) is 0 Å². The second-order valence-electron chi connectivity index (χ2n) is 6.29. The van der Waals surface area contributed by atoms with Crippen LogP contribution in [0.2, 0.25) is 0 Å². The summed E-state index contributed by atoms with van der Waals surface area (Å²) in [7, 11) is 1.48. The third-order valence-electron chi connectivity index (χ3n) is 4.40. The molecule has 0 aromatic heterocycles. The van der Waals surface area contributed by atoms with Crippen LogP contribution in [0.25, 0.3) is 0 Å². The van der Waals surface area contributed by atoms with Gasteiger partial charge < -0.3 is 24.3 Å². The van der Waals surface area contributed by atoms with Gasteiger partial charge in [0.15, 0.2) is 18.1 Å². The summed E-state index contributed by atoms with van der Waals surface area (Å²) in [5, 5.41) is 2.82. The lowest BCUT2D eigenvalue weighted by molar-refractivity contribution is -0.119. The third-order valence-corrected chi connectivity index (χ3v) is 4.40. The van der Waals surface area contributed by atoms with Crippen LogP contribution in [0.1, 0.15) is 28.4 Å². The molecule has 0 bridgehead atoms. The normalized spacial score (nSPS) is 12.2. The summed E-state index contributed by atoms with van der Waals surface area (Å²) in [6.45, 7) is 4.33. The van der Waals surface area contributed by atoms with E-state index in [0.29, 0.717) is 30.5 Å². The molecule has 1 N–H and O–H groups in total. The Morgan fingerprint density at radius 3 is 2.71 bits per heavy atom. The zero-order valence-corrected chi connectivity index (χ0v) is 16.2. The first kappa shape index (κ1) is 19.5. The van der Waals surface area contributed by atoms with Crippen molar-refractivity contribution in [3.63, 3.8) is 0 Å². The summed E-state index contributed by atoms with van der Waals surface area (Å²) < 4.78 is 21.4. The maximum absolute atomic E-state index is 12.4. The van der Waals surface area contributed by atoms with Crippen LogP contribution in [-0.2, 0) is 16.0 Å². The molecular formula is C21H23NO6. The van der Waals surface area contributed by atoms with Gasteiger partial charge in [0.25, 0.3) is 5.91 Å². The monoisotopic (exact) mass is 385 g/mol. The SMILES string of the molecule is CCc1cccc(C)c1NC(=O)COC(=O)c1cc(OC)c2c(c1)OCCO2. The molecule has 0 spiro atoms. The molecule has 2 aromatic rings. The zero-order valence-electron chi connectivity index (χ0n) is 16.2. The van der Waals surface area contributed by atoms with E-state index in [0.717, 1.165) is 23.2 Å². The fraction of sp³-hybridized carbons (Fsp3) is 0.333. The van der Waals surface area contributed by atoms with Crippen LogP contribution in [0.15, 0.2) is 30.3 Å². The van der Waals surface area contributed by atoms with Crippen LogP contribution in [0.3, 0.4) is 0 Å². The van der Waals surface area contributed by atoms with Crippen molar-refractivity contribution >= 4 is 17.6 Å². The first-order valence-electron chi connectivity index (χ1n) is 9.06. The van der Waals surface area contributed by atoms with Crippen LogP contribution >= 0.6 is 0 Å². The second-order valence-corrected chi connectivity index (χ2v) is 6.29. The van der Waals surface area contributed by atoms with Crippen molar-refractivity contribution in [3.05, 3.63) is 47.0 Å². The van der Waals surface area contributed by atoms with Crippen molar-refractivity contribution in [2.75, 3.05) is 32.2 Å². The predicted octanol–water partition coefficient (Wildman–Crippen LogP) is 3.13. The highest BCUT2D eigenvalue weighted by atomic mass is 16.6. The summed E-state index contributed by atoms with van der Waals surface area (Å²) in [6.07, 6.45) is 0.786. The van der Waals surface area contributed by atoms with Crippen molar-refractivity contribution in [1.82, 2.24) is 0 Å². The Morgan fingerprint density at radius 2 is 1.96 bits per heavy atom. The number of hydrogen-bond donors (Lipinski definition) is 1. The maximum atomic E-state index is 12.4. The lowest BCUT2D eigenvalue weighted by Crippen LogP contribution is -2.22. The van der Waals surface area contributed by atoms with E-state index in [1.54, 1.807) is 0 Å². The van der Waals surface area contributed by atoms with E-state index in [-0.39, 0.29) is 5.56 Å². The van der Waals surface area contributed by atoms with Gasteiger partial charge >= 0.3 is 5.97 Å². The fourth-order valence-electron chi connectivity index (χ4n) is 2.98. The molecule has 7 heteroatoms. The molecular weight excluding hydrogens is 362 g/mol. The number of ether oxygens (including phenoxy) is 4. The Kier molecular flexibility index (Phi) is 6.03. The Labute approximate surface area is 163 Å². The van der Waals surface area contributed by atoms with E-state index < -0.39 is 18.5 Å². The van der Waals surface area contributed by atoms with Crippen LogP contribution in [0.5, 0.6) is 17.2 Å². The topological polar surface area (TPSA) is 83.1 Å². The first-order valence-corrected chi connectivity index (χ1v) is 9.06. The molecule has 1 aliphatic rings. The molecule has 0 unspecified atom stereocenters. The standard InChI is InChI=1S/C21H23NO6/c1-4-14-7-5-6-13(2)19(14)22-18(23)12-28-21(24)15-10-16(25-3)20-17(11-15)26-8-9-27-20/h5-7,10-11H,4,8-9,12H2,1-3H3,(H,22,23). The number of para-hydroxylation sites is 1. The van der Waals surface area contributed by atoms with Crippen LogP contribution in [-0.4, -0.2) is 38.8 Å². The van der Waals surface area contributed by atoms with E-state index in [2.05, 4.69) is 5.32 Å². The Balaban J connectivity index is 1.67. The number of amides is 1. The van der Waals surface area contributed by atoms with Crippen molar-refractivity contribution in [3.8, 4) is 17.2 Å². The van der Waals surface area contributed by atoms with Gasteiger partial charge in [-0.1, -0.05) is 25.1 Å². The number of anilines is 1. The maximum Gasteiger partial charge on any atom is 0.338 e. The summed E-state index contributed by atoms with van der Waals surface area (Å²) in [5.74, 6) is 0.193. The number of fused-ring (bicyclic) bond motifs is 1. The largest absolute Gasteiger partial charge is 0.493 e. The Hall–Kier alpha value is -3.22. The van der Waals surface area contributed by atoms with Gasteiger partial charge in [0.05, 0.1) is 12.7 Å². The quantitative estimate of drug-likeness (QED) is 0.770. The van der Waals surface area contributed by atoms with Gasteiger partial charge in [0.1, 0.15) is 13.2 Å². The van der Waals surface area contributed by atoms with Crippen molar-refractivity contribution < 1.29 is 28.5 Å². The molecule has 0 radical (unpaired) electrons. The van der Waals surface area contributed by atoms with Crippen molar-refractivity contribution in [2.45, 2.75) is 20.3 Å². The van der Waals surface area contributed by atoms with Crippen LogP contribution < -0.4 is 19.5 Å². The molecule has 1 aliphatic heterocycles. The summed E-state index contributed by atoms with van der Waals surface area (Å²) in [4.78, 5) is 24.7. The number of rotatable bonds is 6. The molecule has 148 valence electrons. The zero-order chi connectivity index (χ0) is 20.1. The highest BCUT2D eigenvalue weighted by molar-refractivity contribution is 5.97. The molecule has 1 amide bonds. The average Bonchev–Trinajstić information content (AvgIpc) is 2.72. The molecule has 0 saturated carbocycles. The van der Waals surface area contributed by atoms with E-state index in [1.165, 1.54) is 19.2 Å². The molecule has 3 rings (SSSR count). The minimum Gasteiger partial charge on any atom is -0.493 e. The molecule has 1 heterocycles. The van der Waals surface area contributed by atoms with E-state index in [4.69, 9.17) is 18.9 Å². The van der Waals surface area contributed by atoms with Gasteiger partial charge in [-0.3, -0.25) is 4.79 Å². The number of carbonyl (C=O) groups is 2. The highest BCUT2D eigenvalue weighted by Crippen LogP contribution is 2.40. The number of benzene rings is 2. The van der Waals surface area contributed by atoms with E-state index in [9.17, 15) is 9.59 Å². The summed E-state index contributed by atoms with van der Waals surface area (Å²) >= 11 is 0. The van der Waals surface area contributed by atoms with Gasteiger partial charge in [0, 0.05) is 5.69 Å². The van der Waals surface area contributed by atoms with Gasteiger partial charge in [-0.2, -0.15) is 0 Å². The molecule has 0 aliphatic carbocycles. The first-order chi connectivity index (χ1) is 13.5. The molecule has 7 nitrogen and oxygen atoms in total. The molecule has 28 heavy (non-hydrogen) atoms. The van der Waals surface area contributed by atoms with Crippen LogP contribution in [0, 0.1) is 6.92 Å². The molecule has 0 saturated heterocycles. The predicted molar refractivity (Wildman–Crippen MR) is 103 cm³/mol. The second kappa shape index (κ2) is 8.65. The lowest BCUT2D eigenvalue weighted by Gasteiger charge is -2.21. The number of methoxy groups -OCH3 is 1. The molecule has 2 aromatic carbocycles. The number of hydrogen-bond acceptors (Lipinski definition) is 6. The van der Waals surface area contributed by atoms with Crippen molar-refractivity contribution in [1.29, 1.82) is 0 Å². The smallest absolute Gasteiger partial charge is 0.338 e. The van der Waals surface area contributed by atoms with Crippen LogP contribution in [0.4, 0.5) is 5.69 Å². The number of aryl methyl sites for hydroxylation is 2. The minimum atomic E-state index is -0.647. The fourth-order valence-corrected chi connectivity index (χ4v) is 2.98. The minimum absolute atomic E-state index is 0.221. The van der Waals surface area contributed by atoms with E-state index >= 15 is 0 Å². The number of nitrogens with one attached hydrogen (secondary N) is 1. The number of carbonyl (C=O) groups excluding carboxylic acids is 2. The van der Waals surface area contributed by atoms with Crippen molar-refractivity contribution in [2.24, 2.45) is 0 Å². The summed E-state index contributed by atoms with van der Waals surface area (Å²) in [5.41, 5.74) is 2.96.